The Balaban J connectivity index is 1.47. The lowest BCUT2D eigenvalue weighted by Gasteiger charge is -2.30. The number of aryl methyl sites for hydroxylation is 2. The van der Waals surface area contributed by atoms with Gasteiger partial charge < -0.3 is 14.2 Å². The molecule has 7 nitrogen and oxygen atoms in total. The first kappa shape index (κ1) is 19.1. The predicted molar refractivity (Wildman–Crippen MR) is 98.7 cm³/mol. The highest BCUT2D eigenvalue weighted by molar-refractivity contribution is 5.77. The molecular weight excluding hydrogens is 346 g/mol. The summed E-state index contributed by atoms with van der Waals surface area (Å²) in [6.07, 6.45) is 2.04. The fourth-order valence-corrected chi connectivity index (χ4v) is 3.17. The molecule has 1 saturated heterocycles. The van der Waals surface area contributed by atoms with Crippen LogP contribution in [0.25, 0.3) is 11.4 Å². The number of benzene rings is 1. The van der Waals surface area contributed by atoms with E-state index in [1.807, 2.05) is 31.2 Å². The first-order valence-electron chi connectivity index (χ1n) is 9.41. The molecule has 1 aliphatic heterocycles. The van der Waals surface area contributed by atoms with Gasteiger partial charge in [-0.15, -0.1) is 0 Å². The fourth-order valence-electron chi connectivity index (χ4n) is 3.17. The van der Waals surface area contributed by atoms with Crippen molar-refractivity contribution in [2.24, 2.45) is 5.92 Å². The lowest BCUT2D eigenvalue weighted by molar-refractivity contribution is -0.151. The maximum Gasteiger partial charge on any atom is 0.309 e. The lowest BCUT2D eigenvalue weighted by Crippen LogP contribution is -2.40. The van der Waals surface area contributed by atoms with E-state index < -0.39 is 0 Å². The van der Waals surface area contributed by atoms with Gasteiger partial charge in [0.1, 0.15) is 0 Å². The van der Waals surface area contributed by atoms with Gasteiger partial charge in [0, 0.05) is 31.5 Å². The second-order valence-electron chi connectivity index (χ2n) is 6.78. The van der Waals surface area contributed by atoms with Crippen LogP contribution in [0.1, 0.15) is 37.6 Å². The predicted octanol–water partition coefficient (Wildman–Crippen LogP) is 2.78. The third kappa shape index (κ3) is 4.93. The number of ether oxygens (including phenoxy) is 1. The van der Waals surface area contributed by atoms with E-state index in [1.54, 1.807) is 11.8 Å². The summed E-state index contributed by atoms with van der Waals surface area (Å²) in [4.78, 5) is 30.3. The van der Waals surface area contributed by atoms with Gasteiger partial charge in [0.05, 0.1) is 12.5 Å². The number of amides is 1. The number of rotatable bonds is 6. The smallest absolute Gasteiger partial charge is 0.309 e. The van der Waals surface area contributed by atoms with Crippen LogP contribution in [-0.2, 0) is 20.7 Å². The van der Waals surface area contributed by atoms with Gasteiger partial charge in [0.25, 0.3) is 0 Å². The van der Waals surface area contributed by atoms with E-state index in [1.165, 1.54) is 5.56 Å². The molecular formula is C20H25N3O4. The Labute approximate surface area is 158 Å². The van der Waals surface area contributed by atoms with Crippen molar-refractivity contribution in [3.8, 4) is 11.4 Å². The van der Waals surface area contributed by atoms with Crippen molar-refractivity contribution in [2.75, 3.05) is 19.7 Å². The second kappa shape index (κ2) is 8.79. The van der Waals surface area contributed by atoms with E-state index >= 15 is 0 Å². The van der Waals surface area contributed by atoms with Gasteiger partial charge in [-0.05, 0) is 26.7 Å². The Morgan fingerprint density at radius 2 is 1.93 bits per heavy atom. The molecule has 0 saturated carbocycles. The van der Waals surface area contributed by atoms with Crippen molar-refractivity contribution in [1.29, 1.82) is 0 Å². The number of aromatic nitrogens is 2. The van der Waals surface area contributed by atoms with E-state index in [2.05, 4.69) is 10.1 Å². The van der Waals surface area contributed by atoms with Gasteiger partial charge >= 0.3 is 5.97 Å². The second-order valence-corrected chi connectivity index (χ2v) is 6.78. The third-order valence-electron chi connectivity index (χ3n) is 4.80. The molecule has 1 fully saturated rings. The van der Waals surface area contributed by atoms with Crippen molar-refractivity contribution in [3.63, 3.8) is 0 Å². The zero-order valence-electron chi connectivity index (χ0n) is 15.8. The standard InChI is InChI=1S/C20H25N3O4/c1-3-26-20(25)16-10-12-23(13-11-16)18(24)9-8-17-21-19(22-27-17)15-6-4-14(2)5-7-15/h4-7,16H,3,8-13H2,1-2H3. The molecule has 0 unspecified atom stereocenters. The molecule has 1 aliphatic rings. The van der Waals surface area contributed by atoms with E-state index in [0.717, 1.165) is 5.56 Å². The molecule has 1 aromatic heterocycles. The van der Waals surface area contributed by atoms with Crippen LogP contribution in [0.2, 0.25) is 0 Å². The highest BCUT2D eigenvalue weighted by Gasteiger charge is 2.28. The summed E-state index contributed by atoms with van der Waals surface area (Å²) in [5.41, 5.74) is 2.06. The number of carbonyl (C=O) groups is 2. The van der Waals surface area contributed by atoms with Crippen molar-refractivity contribution < 1.29 is 18.8 Å². The Hall–Kier alpha value is -2.70. The van der Waals surface area contributed by atoms with Gasteiger partial charge in [-0.3, -0.25) is 9.59 Å². The summed E-state index contributed by atoms with van der Waals surface area (Å²) in [5, 5.41) is 3.99. The van der Waals surface area contributed by atoms with Crippen molar-refractivity contribution in [1.82, 2.24) is 15.0 Å². The lowest BCUT2D eigenvalue weighted by atomic mass is 9.97. The minimum atomic E-state index is -0.154. The molecule has 0 radical (unpaired) electrons. The highest BCUT2D eigenvalue weighted by Crippen LogP contribution is 2.20. The van der Waals surface area contributed by atoms with Gasteiger partial charge in [-0.25, -0.2) is 0 Å². The summed E-state index contributed by atoms with van der Waals surface area (Å²) in [7, 11) is 0. The fraction of sp³-hybridized carbons (Fsp3) is 0.500. The normalized spacial score (nSPS) is 15.0. The van der Waals surface area contributed by atoms with E-state index in [0.29, 0.717) is 57.1 Å². The molecule has 0 bridgehead atoms. The maximum absolute atomic E-state index is 12.4. The Morgan fingerprint density at radius 3 is 2.59 bits per heavy atom. The molecule has 2 heterocycles. The first-order chi connectivity index (χ1) is 13.1. The van der Waals surface area contributed by atoms with Crippen LogP contribution in [0.4, 0.5) is 0 Å². The Kier molecular flexibility index (Phi) is 6.21. The summed E-state index contributed by atoms with van der Waals surface area (Å²) in [6, 6.07) is 7.88. The van der Waals surface area contributed by atoms with Crippen LogP contribution in [0.15, 0.2) is 28.8 Å². The van der Waals surface area contributed by atoms with Gasteiger partial charge in [-0.1, -0.05) is 35.0 Å². The van der Waals surface area contributed by atoms with Gasteiger partial charge in [0.15, 0.2) is 0 Å². The molecule has 0 aliphatic carbocycles. The van der Waals surface area contributed by atoms with E-state index in [4.69, 9.17) is 9.26 Å². The van der Waals surface area contributed by atoms with Crippen LogP contribution in [0.3, 0.4) is 0 Å². The Bertz CT molecular complexity index is 777. The van der Waals surface area contributed by atoms with Crippen LogP contribution >= 0.6 is 0 Å². The molecule has 0 N–H and O–H groups in total. The first-order valence-corrected chi connectivity index (χ1v) is 9.41. The maximum atomic E-state index is 12.4. The number of carbonyl (C=O) groups excluding carboxylic acids is 2. The van der Waals surface area contributed by atoms with Crippen LogP contribution in [-0.4, -0.2) is 46.6 Å². The summed E-state index contributed by atoms with van der Waals surface area (Å²) < 4.78 is 10.3. The van der Waals surface area contributed by atoms with Gasteiger partial charge in [-0.2, -0.15) is 4.98 Å². The van der Waals surface area contributed by atoms with E-state index in [9.17, 15) is 9.59 Å². The average Bonchev–Trinajstić information content (AvgIpc) is 3.16. The van der Waals surface area contributed by atoms with Crippen LogP contribution < -0.4 is 0 Å². The molecule has 0 spiro atoms. The largest absolute Gasteiger partial charge is 0.466 e. The van der Waals surface area contributed by atoms with Crippen LogP contribution in [0.5, 0.6) is 0 Å². The molecule has 3 rings (SSSR count). The van der Waals surface area contributed by atoms with Gasteiger partial charge in [0.2, 0.25) is 17.6 Å². The molecule has 1 aromatic carbocycles. The van der Waals surface area contributed by atoms with Crippen LogP contribution in [0, 0.1) is 12.8 Å². The molecule has 27 heavy (non-hydrogen) atoms. The number of hydrogen-bond donors (Lipinski definition) is 0. The quantitative estimate of drug-likeness (QED) is 0.726. The van der Waals surface area contributed by atoms with E-state index in [-0.39, 0.29) is 17.8 Å². The Morgan fingerprint density at radius 1 is 1.22 bits per heavy atom. The SMILES string of the molecule is CCOC(=O)C1CCN(C(=O)CCc2nc(-c3ccc(C)cc3)no2)CC1. The molecule has 144 valence electrons. The zero-order chi connectivity index (χ0) is 19.2. The number of piperidine rings is 1. The minimum absolute atomic E-state index is 0.0485. The number of nitrogens with zero attached hydrogens (tertiary/aromatic N) is 3. The number of likely N-dealkylation sites (tertiary alicyclic amines) is 1. The molecule has 1 amide bonds. The monoisotopic (exact) mass is 371 g/mol. The highest BCUT2D eigenvalue weighted by atomic mass is 16.5. The zero-order valence-corrected chi connectivity index (χ0v) is 15.8. The summed E-state index contributed by atoms with van der Waals surface area (Å²) in [6.45, 7) is 5.39. The minimum Gasteiger partial charge on any atom is -0.466 e. The topological polar surface area (TPSA) is 85.5 Å². The van der Waals surface area contributed by atoms with Crippen molar-refractivity contribution in [3.05, 3.63) is 35.7 Å². The molecule has 0 atom stereocenters. The molecule has 2 aromatic rings. The third-order valence-corrected chi connectivity index (χ3v) is 4.80. The van der Waals surface area contributed by atoms with Crippen molar-refractivity contribution in [2.45, 2.75) is 39.5 Å². The van der Waals surface area contributed by atoms with Crippen molar-refractivity contribution >= 4 is 11.9 Å². The molecule has 7 heteroatoms. The summed E-state index contributed by atoms with van der Waals surface area (Å²) in [5.74, 6) is 0.793. The number of esters is 1. The summed E-state index contributed by atoms with van der Waals surface area (Å²) >= 11 is 0. The number of hydrogen-bond acceptors (Lipinski definition) is 6. The average molecular weight is 371 g/mol.